The van der Waals surface area contributed by atoms with E-state index in [1.807, 2.05) is 6.92 Å². The fourth-order valence-corrected chi connectivity index (χ4v) is 7.33. The average Bonchev–Trinajstić information content (AvgIpc) is 3.62. The summed E-state index contributed by atoms with van der Waals surface area (Å²) in [5, 5.41) is 6.23. The van der Waals surface area contributed by atoms with E-state index in [0.717, 1.165) is 43.8 Å². The first-order chi connectivity index (χ1) is 16.7. The third-order valence-electron chi connectivity index (χ3n) is 6.78. The number of rotatable bonds is 7. The molecule has 3 aromatic rings. The monoisotopic (exact) mass is 498 g/mol. The van der Waals surface area contributed by atoms with Crippen LogP contribution in [-0.2, 0) is 22.4 Å². The number of piperidine rings is 1. The molecule has 2 aliphatic rings. The van der Waals surface area contributed by atoms with Crippen molar-refractivity contribution in [3.05, 3.63) is 62.6 Å². The Bertz CT molecular complexity index is 1110. The van der Waals surface area contributed by atoms with Crippen molar-refractivity contribution in [2.45, 2.75) is 51.5 Å². The van der Waals surface area contributed by atoms with Crippen molar-refractivity contribution >= 4 is 39.6 Å². The number of carbonyl (C=O) groups is 2. The molecule has 1 atom stereocenters. The molecule has 0 radical (unpaired) electrons. The minimum Gasteiger partial charge on any atom is -0.466 e. The van der Waals surface area contributed by atoms with Gasteiger partial charge in [-0.3, -0.25) is 14.5 Å². The number of aryl methyl sites for hydroxylation is 1. The molecule has 3 aromatic heterocycles. The summed E-state index contributed by atoms with van der Waals surface area (Å²) < 4.78 is 10.6. The van der Waals surface area contributed by atoms with Crippen molar-refractivity contribution in [1.29, 1.82) is 0 Å². The molecule has 1 amide bonds. The molecule has 6 nitrogen and oxygen atoms in total. The first-order valence-corrected chi connectivity index (χ1v) is 13.8. The fourth-order valence-electron chi connectivity index (χ4n) is 5.15. The zero-order valence-electron chi connectivity index (χ0n) is 19.4. The van der Waals surface area contributed by atoms with Gasteiger partial charge >= 0.3 is 5.97 Å². The van der Waals surface area contributed by atoms with E-state index in [0.29, 0.717) is 12.4 Å². The zero-order chi connectivity index (χ0) is 23.5. The van der Waals surface area contributed by atoms with Crippen LogP contribution in [0, 0.1) is 5.92 Å². The van der Waals surface area contributed by atoms with Crippen LogP contribution < -0.4 is 5.32 Å². The number of nitrogens with one attached hydrogen (secondary N) is 1. The maximum atomic E-state index is 12.9. The Kier molecular flexibility index (Phi) is 7.18. The highest BCUT2D eigenvalue weighted by Gasteiger charge is 2.36. The number of amides is 1. The number of esters is 1. The molecule has 8 heteroatoms. The Morgan fingerprint density at radius 1 is 1.21 bits per heavy atom. The van der Waals surface area contributed by atoms with Gasteiger partial charge in [-0.25, -0.2) is 0 Å². The van der Waals surface area contributed by atoms with Gasteiger partial charge in [-0.1, -0.05) is 6.07 Å². The molecule has 1 fully saturated rings. The molecule has 0 spiro atoms. The Morgan fingerprint density at radius 2 is 2.03 bits per heavy atom. The van der Waals surface area contributed by atoms with Gasteiger partial charge in [-0.15, -0.1) is 22.7 Å². The van der Waals surface area contributed by atoms with Crippen LogP contribution in [0.4, 0.5) is 5.00 Å². The molecule has 0 saturated carbocycles. The van der Waals surface area contributed by atoms with Gasteiger partial charge in [0.2, 0.25) is 0 Å². The lowest BCUT2D eigenvalue weighted by atomic mass is 9.89. The standard InChI is InChI=1S/C26H30N2O4S2/c1-2-31-26(30)17-11-13-28(14-12-17)23(21-10-6-16-33-21)22-18-7-3-4-9-20(18)34-25(22)27-24(29)19-8-5-15-32-19/h5-6,8,10,15-17,23H,2-4,7,9,11-14H2,1H3,(H,27,29). The molecule has 5 rings (SSSR count). The summed E-state index contributed by atoms with van der Waals surface area (Å²) >= 11 is 3.47. The van der Waals surface area contributed by atoms with E-state index in [-0.39, 0.29) is 23.8 Å². The second kappa shape index (κ2) is 10.5. The lowest BCUT2D eigenvalue weighted by molar-refractivity contribution is -0.149. The first kappa shape index (κ1) is 23.3. The summed E-state index contributed by atoms with van der Waals surface area (Å²) in [4.78, 5) is 30.4. The quantitative estimate of drug-likeness (QED) is 0.411. The number of likely N-dealkylation sites (tertiary alicyclic amines) is 1. The smallest absolute Gasteiger partial charge is 0.309 e. The van der Waals surface area contributed by atoms with E-state index < -0.39 is 0 Å². The van der Waals surface area contributed by atoms with E-state index in [2.05, 4.69) is 27.7 Å². The molecule has 1 aliphatic carbocycles. The molecule has 0 bridgehead atoms. The summed E-state index contributed by atoms with van der Waals surface area (Å²) in [6.45, 7) is 3.93. The maximum absolute atomic E-state index is 12.9. The topological polar surface area (TPSA) is 71.8 Å². The highest BCUT2D eigenvalue weighted by molar-refractivity contribution is 7.16. The number of ether oxygens (including phenoxy) is 1. The van der Waals surface area contributed by atoms with E-state index >= 15 is 0 Å². The van der Waals surface area contributed by atoms with Crippen LogP contribution >= 0.6 is 22.7 Å². The van der Waals surface area contributed by atoms with Gasteiger partial charge in [0.15, 0.2) is 5.76 Å². The van der Waals surface area contributed by atoms with Crippen LogP contribution in [0.1, 0.15) is 70.1 Å². The SMILES string of the molecule is CCOC(=O)C1CCN(C(c2cccs2)c2c(NC(=O)c3ccco3)sc3c2CCCC3)CC1. The van der Waals surface area contributed by atoms with Crippen LogP contribution in [0.3, 0.4) is 0 Å². The van der Waals surface area contributed by atoms with Gasteiger partial charge in [-0.2, -0.15) is 0 Å². The van der Waals surface area contributed by atoms with Gasteiger partial charge in [0, 0.05) is 15.3 Å². The Labute approximate surface area is 207 Å². The molecule has 4 heterocycles. The Balaban J connectivity index is 1.49. The van der Waals surface area contributed by atoms with Crippen molar-refractivity contribution in [2.24, 2.45) is 5.92 Å². The highest BCUT2D eigenvalue weighted by Crippen LogP contribution is 2.47. The van der Waals surface area contributed by atoms with Gasteiger partial charge in [0.05, 0.1) is 24.8 Å². The summed E-state index contributed by atoms with van der Waals surface area (Å²) in [6.07, 6.45) is 7.57. The molecule has 34 heavy (non-hydrogen) atoms. The molecular formula is C26H30N2O4S2. The molecule has 1 N–H and O–H groups in total. The Hall–Kier alpha value is -2.42. The van der Waals surface area contributed by atoms with Crippen LogP contribution in [0.5, 0.6) is 0 Å². The molecular weight excluding hydrogens is 468 g/mol. The molecule has 0 aromatic carbocycles. The van der Waals surface area contributed by atoms with E-state index in [9.17, 15) is 9.59 Å². The number of furan rings is 1. The minimum absolute atomic E-state index is 0.0327. The van der Waals surface area contributed by atoms with Crippen molar-refractivity contribution in [3.8, 4) is 0 Å². The van der Waals surface area contributed by atoms with Crippen LogP contribution in [-0.4, -0.2) is 36.5 Å². The summed E-state index contributed by atoms with van der Waals surface area (Å²) in [7, 11) is 0. The number of thiophene rings is 2. The van der Waals surface area contributed by atoms with Crippen LogP contribution in [0.15, 0.2) is 40.3 Å². The first-order valence-electron chi connectivity index (χ1n) is 12.1. The third-order valence-corrected chi connectivity index (χ3v) is 8.93. The second-order valence-electron chi connectivity index (χ2n) is 8.87. The summed E-state index contributed by atoms with van der Waals surface area (Å²) in [5.74, 6) is -0.000111. The summed E-state index contributed by atoms with van der Waals surface area (Å²) in [6, 6.07) is 7.78. The van der Waals surface area contributed by atoms with Crippen molar-refractivity contribution in [3.63, 3.8) is 0 Å². The van der Waals surface area contributed by atoms with Crippen molar-refractivity contribution in [2.75, 3.05) is 25.0 Å². The van der Waals surface area contributed by atoms with Gasteiger partial charge in [-0.05, 0) is 87.7 Å². The normalized spacial score (nSPS) is 17.8. The fraction of sp³-hybridized carbons (Fsp3) is 0.462. The number of nitrogens with zero attached hydrogens (tertiary/aromatic N) is 1. The van der Waals surface area contributed by atoms with Gasteiger partial charge < -0.3 is 14.5 Å². The molecule has 180 valence electrons. The van der Waals surface area contributed by atoms with Gasteiger partial charge in [0.1, 0.15) is 5.00 Å². The second-order valence-corrected chi connectivity index (χ2v) is 10.9. The summed E-state index contributed by atoms with van der Waals surface area (Å²) in [5.41, 5.74) is 2.63. The molecule has 1 saturated heterocycles. The van der Waals surface area contributed by atoms with Crippen molar-refractivity contribution in [1.82, 2.24) is 4.90 Å². The number of hydrogen-bond donors (Lipinski definition) is 1. The Morgan fingerprint density at radius 3 is 2.74 bits per heavy atom. The number of carbonyl (C=O) groups excluding carboxylic acids is 2. The van der Waals surface area contributed by atoms with E-state index in [1.54, 1.807) is 34.8 Å². The van der Waals surface area contributed by atoms with Crippen LogP contribution in [0.25, 0.3) is 0 Å². The van der Waals surface area contributed by atoms with E-state index in [4.69, 9.17) is 9.15 Å². The number of hydrogen-bond acceptors (Lipinski definition) is 7. The highest BCUT2D eigenvalue weighted by atomic mass is 32.1. The molecule has 1 aliphatic heterocycles. The lowest BCUT2D eigenvalue weighted by Gasteiger charge is -2.37. The predicted octanol–water partition coefficient (Wildman–Crippen LogP) is 5.90. The predicted molar refractivity (Wildman–Crippen MR) is 135 cm³/mol. The van der Waals surface area contributed by atoms with Crippen molar-refractivity contribution < 1.29 is 18.7 Å². The number of anilines is 1. The van der Waals surface area contributed by atoms with Gasteiger partial charge in [0.25, 0.3) is 5.91 Å². The van der Waals surface area contributed by atoms with Crippen LogP contribution in [0.2, 0.25) is 0 Å². The minimum atomic E-state index is -0.212. The zero-order valence-corrected chi connectivity index (χ0v) is 21.0. The third kappa shape index (κ3) is 4.72. The average molecular weight is 499 g/mol. The largest absolute Gasteiger partial charge is 0.466 e. The molecule has 1 unspecified atom stereocenters. The van der Waals surface area contributed by atoms with E-state index in [1.165, 1.54) is 40.0 Å². The maximum Gasteiger partial charge on any atom is 0.309 e. The lowest BCUT2D eigenvalue weighted by Crippen LogP contribution is -2.40. The number of fused-ring (bicyclic) bond motifs is 1.